The molecule has 1 amide bonds. The molecule has 1 aliphatic carbocycles. The predicted molar refractivity (Wildman–Crippen MR) is 94.8 cm³/mol. The Morgan fingerprint density at radius 1 is 1.42 bits per heavy atom. The molecule has 9 heteroatoms. The van der Waals surface area contributed by atoms with Gasteiger partial charge in [-0.05, 0) is 26.7 Å². The minimum atomic E-state index is -0.239. The smallest absolute Gasteiger partial charge is 0.255 e. The van der Waals surface area contributed by atoms with Crippen LogP contribution in [0.5, 0.6) is 0 Å². The van der Waals surface area contributed by atoms with Crippen molar-refractivity contribution >= 4 is 22.8 Å². The van der Waals surface area contributed by atoms with Crippen LogP contribution < -0.4 is 10.2 Å². The van der Waals surface area contributed by atoms with Gasteiger partial charge in [0.05, 0.1) is 23.7 Å². The number of furan rings is 1. The minimum absolute atomic E-state index is 0.0693. The van der Waals surface area contributed by atoms with Crippen LogP contribution in [0, 0.1) is 6.92 Å². The summed E-state index contributed by atoms with van der Waals surface area (Å²) >= 11 is 0. The Kier molecular flexibility index (Phi) is 3.67. The van der Waals surface area contributed by atoms with Gasteiger partial charge in [-0.2, -0.15) is 15.0 Å². The molecule has 0 radical (unpaired) electrons. The summed E-state index contributed by atoms with van der Waals surface area (Å²) in [7, 11) is 3.73. The van der Waals surface area contributed by atoms with Gasteiger partial charge >= 0.3 is 0 Å². The molecule has 0 aliphatic heterocycles. The maximum atomic E-state index is 12.9. The van der Waals surface area contributed by atoms with E-state index in [-0.39, 0.29) is 18.0 Å². The SMILES string of the molecule is Cc1oc2ncnc(N(C)C3(C)CC3)c2c1C(=O)NCc1cnn(C)n1. The normalized spacial score (nSPS) is 15.2. The molecule has 1 N–H and O–H groups in total. The van der Waals surface area contributed by atoms with Crippen LogP contribution in [0.1, 0.15) is 41.6 Å². The molecule has 3 aromatic heterocycles. The van der Waals surface area contributed by atoms with Crippen molar-refractivity contribution in [1.82, 2.24) is 30.3 Å². The van der Waals surface area contributed by atoms with E-state index in [1.165, 1.54) is 11.1 Å². The quantitative estimate of drug-likeness (QED) is 0.741. The van der Waals surface area contributed by atoms with Crippen LogP contribution in [0.2, 0.25) is 0 Å². The Labute approximate surface area is 150 Å². The monoisotopic (exact) mass is 355 g/mol. The predicted octanol–water partition coefficient (Wildman–Crippen LogP) is 1.58. The lowest BCUT2D eigenvalue weighted by atomic mass is 10.1. The molecule has 0 saturated heterocycles. The van der Waals surface area contributed by atoms with Crippen molar-refractivity contribution in [2.45, 2.75) is 38.8 Å². The van der Waals surface area contributed by atoms with Crippen LogP contribution in [0.25, 0.3) is 11.1 Å². The molecule has 0 bridgehead atoms. The van der Waals surface area contributed by atoms with Crippen molar-refractivity contribution < 1.29 is 9.21 Å². The molecule has 9 nitrogen and oxygen atoms in total. The lowest BCUT2D eigenvalue weighted by molar-refractivity contribution is 0.0950. The second kappa shape index (κ2) is 5.79. The number of amides is 1. The summed E-state index contributed by atoms with van der Waals surface area (Å²) in [6.07, 6.45) is 5.29. The van der Waals surface area contributed by atoms with Gasteiger partial charge in [0.25, 0.3) is 5.91 Å². The summed E-state index contributed by atoms with van der Waals surface area (Å²) in [4.78, 5) is 25.1. The van der Waals surface area contributed by atoms with Crippen molar-refractivity contribution in [3.05, 3.63) is 29.5 Å². The highest BCUT2D eigenvalue weighted by Gasteiger charge is 2.43. The molecule has 0 aromatic carbocycles. The van der Waals surface area contributed by atoms with E-state index in [2.05, 4.69) is 37.3 Å². The van der Waals surface area contributed by atoms with Crippen LogP contribution in [0.15, 0.2) is 16.9 Å². The molecule has 3 heterocycles. The topological polar surface area (TPSA) is 102 Å². The van der Waals surface area contributed by atoms with Gasteiger partial charge in [-0.15, -0.1) is 0 Å². The first-order valence-electron chi connectivity index (χ1n) is 8.50. The number of fused-ring (bicyclic) bond motifs is 1. The van der Waals surface area contributed by atoms with Gasteiger partial charge < -0.3 is 14.6 Å². The fraction of sp³-hybridized carbons (Fsp3) is 0.471. The molecule has 136 valence electrons. The molecule has 0 unspecified atom stereocenters. The van der Waals surface area contributed by atoms with Crippen LogP contribution in [-0.4, -0.2) is 43.5 Å². The highest BCUT2D eigenvalue weighted by molar-refractivity contribution is 6.10. The first kappa shape index (κ1) is 16.5. The Hall–Kier alpha value is -2.97. The number of rotatable bonds is 5. The number of anilines is 1. The molecular formula is C17H21N7O2. The van der Waals surface area contributed by atoms with E-state index in [4.69, 9.17) is 4.42 Å². The van der Waals surface area contributed by atoms with E-state index in [1.807, 2.05) is 7.05 Å². The third-order valence-electron chi connectivity index (χ3n) is 5.05. The van der Waals surface area contributed by atoms with Gasteiger partial charge in [-0.3, -0.25) is 4.79 Å². The van der Waals surface area contributed by atoms with Gasteiger partial charge in [-0.1, -0.05) is 0 Å². The second-order valence-corrected chi connectivity index (χ2v) is 6.97. The van der Waals surface area contributed by atoms with Gasteiger partial charge in [0, 0.05) is 19.6 Å². The van der Waals surface area contributed by atoms with E-state index in [0.717, 1.165) is 18.7 Å². The minimum Gasteiger partial charge on any atom is -0.442 e. The van der Waals surface area contributed by atoms with Crippen molar-refractivity contribution in [2.24, 2.45) is 7.05 Å². The van der Waals surface area contributed by atoms with Crippen molar-refractivity contribution in [1.29, 1.82) is 0 Å². The van der Waals surface area contributed by atoms with Gasteiger partial charge in [0.15, 0.2) is 0 Å². The largest absolute Gasteiger partial charge is 0.442 e. The van der Waals surface area contributed by atoms with Gasteiger partial charge in [0.1, 0.15) is 23.6 Å². The Morgan fingerprint density at radius 3 is 2.85 bits per heavy atom. The third kappa shape index (κ3) is 2.69. The lowest BCUT2D eigenvalue weighted by Gasteiger charge is -2.26. The Morgan fingerprint density at radius 2 is 2.19 bits per heavy atom. The second-order valence-electron chi connectivity index (χ2n) is 6.97. The Balaban J connectivity index is 1.69. The molecule has 0 atom stereocenters. The standard InChI is InChI=1S/C17H21N7O2/c1-10-12(15(25)18-7-11-8-21-24(4)22-11)13-14(19-9-20-16(13)26-10)23(3)17(2)5-6-17/h8-9H,5-7H2,1-4H3,(H,18,25). The van der Waals surface area contributed by atoms with Crippen LogP contribution >= 0.6 is 0 Å². The highest BCUT2D eigenvalue weighted by atomic mass is 16.3. The summed E-state index contributed by atoms with van der Waals surface area (Å²) in [5, 5.41) is 11.7. The van der Waals surface area contributed by atoms with E-state index in [0.29, 0.717) is 28.1 Å². The molecule has 1 fully saturated rings. The number of carbonyl (C=O) groups is 1. The van der Waals surface area contributed by atoms with Crippen molar-refractivity contribution in [3.63, 3.8) is 0 Å². The molecule has 26 heavy (non-hydrogen) atoms. The first-order valence-corrected chi connectivity index (χ1v) is 8.50. The van der Waals surface area contributed by atoms with Crippen LogP contribution in [-0.2, 0) is 13.6 Å². The molecule has 1 saturated carbocycles. The maximum absolute atomic E-state index is 12.9. The van der Waals surface area contributed by atoms with Crippen molar-refractivity contribution in [3.8, 4) is 0 Å². The fourth-order valence-corrected chi connectivity index (χ4v) is 3.06. The van der Waals surface area contributed by atoms with E-state index < -0.39 is 0 Å². The zero-order chi connectivity index (χ0) is 18.5. The number of aryl methyl sites for hydroxylation is 2. The van der Waals surface area contributed by atoms with Crippen LogP contribution in [0.4, 0.5) is 5.82 Å². The zero-order valence-corrected chi connectivity index (χ0v) is 15.3. The van der Waals surface area contributed by atoms with Crippen LogP contribution in [0.3, 0.4) is 0 Å². The van der Waals surface area contributed by atoms with Crippen molar-refractivity contribution in [2.75, 3.05) is 11.9 Å². The molecule has 3 aromatic rings. The molecule has 0 spiro atoms. The molecular weight excluding hydrogens is 334 g/mol. The van der Waals surface area contributed by atoms with Gasteiger partial charge in [0.2, 0.25) is 5.71 Å². The number of aromatic nitrogens is 5. The number of hydrogen-bond donors (Lipinski definition) is 1. The summed E-state index contributed by atoms with van der Waals surface area (Å²) in [5.41, 5.74) is 1.65. The number of nitrogens with one attached hydrogen (secondary N) is 1. The number of carbonyl (C=O) groups excluding carboxylic acids is 1. The Bertz CT molecular complexity index is 986. The van der Waals surface area contributed by atoms with E-state index >= 15 is 0 Å². The van der Waals surface area contributed by atoms with Gasteiger partial charge in [-0.25, -0.2) is 9.97 Å². The number of nitrogens with zero attached hydrogens (tertiary/aromatic N) is 6. The van der Waals surface area contributed by atoms with E-state index in [1.54, 1.807) is 20.2 Å². The summed E-state index contributed by atoms with van der Waals surface area (Å²) < 4.78 is 5.73. The fourth-order valence-electron chi connectivity index (χ4n) is 3.06. The zero-order valence-electron chi connectivity index (χ0n) is 15.3. The average molecular weight is 355 g/mol. The maximum Gasteiger partial charge on any atom is 0.255 e. The lowest BCUT2D eigenvalue weighted by Crippen LogP contribution is -2.32. The average Bonchev–Trinajstić information content (AvgIpc) is 3.07. The van der Waals surface area contributed by atoms with E-state index in [9.17, 15) is 4.79 Å². The first-order chi connectivity index (χ1) is 12.4. The summed E-state index contributed by atoms with van der Waals surface area (Å²) in [5.74, 6) is 1.00. The summed E-state index contributed by atoms with van der Waals surface area (Å²) in [6.45, 7) is 4.23. The summed E-state index contributed by atoms with van der Waals surface area (Å²) in [6, 6.07) is 0. The third-order valence-corrected chi connectivity index (χ3v) is 5.05. The number of hydrogen-bond acceptors (Lipinski definition) is 7. The molecule has 1 aliphatic rings. The molecule has 4 rings (SSSR count). The highest BCUT2D eigenvalue weighted by Crippen LogP contribution is 2.44.